The van der Waals surface area contributed by atoms with Gasteiger partial charge in [0.25, 0.3) is 5.91 Å². The van der Waals surface area contributed by atoms with Gasteiger partial charge in [0.05, 0.1) is 26.0 Å². The number of anilines is 1. The number of sulfonamides is 1. The van der Waals surface area contributed by atoms with Gasteiger partial charge in [0.1, 0.15) is 16.3 Å². The molecule has 1 fully saturated rings. The molecule has 2 N–H and O–H groups in total. The summed E-state index contributed by atoms with van der Waals surface area (Å²) in [7, 11) is -2.19. The van der Waals surface area contributed by atoms with Crippen LogP contribution in [0.25, 0.3) is 0 Å². The van der Waals surface area contributed by atoms with Crippen LogP contribution in [-0.2, 0) is 14.8 Å². The fraction of sp³-hybridized carbons (Fsp3) is 0.421. The second-order valence-corrected chi connectivity index (χ2v) is 8.63. The molecular formula is C19H25N3O5S. The number of amides is 1. The molecule has 1 saturated heterocycles. The van der Waals surface area contributed by atoms with Gasteiger partial charge in [0.15, 0.2) is 0 Å². The number of nitrogens with one attached hydrogen (secondary N) is 2. The van der Waals surface area contributed by atoms with E-state index in [2.05, 4.69) is 10.3 Å². The Hall–Kier alpha value is -2.36. The van der Waals surface area contributed by atoms with E-state index in [-0.39, 0.29) is 10.6 Å². The molecule has 0 atom stereocenters. The topological polar surface area (TPSA) is 101 Å². The van der Waals surface area contributed by atoms with E-state index in [1.54, 1.807) is 26.0 Å². The van der Waals surface area contributed by atoms with Crippen molar-refractivity contribution < 1.29 is 22.7 Å². The molecule has 2 aromatic rings. The van der Waals surface area contributed by atoms with Crippen molar-refractivity contribution in [3.63, 3.8) is 0 Å². The number of benzene rings is 1. The van der Waals surface area contributed by atoms with Crippen LogP contribution >= 0.6 is 0 Å². The molecule has 1 aromatic heterocycles. The summed E-state index contributed by atoms with van der Waals surface area (Å²) < 4.78 is 38.1. The minimum Gasteiger partial charge on any atom is -0.495 e. The smallest absolute Gasteiger partial charge is 0.272 e. The summed E-state index contributed by atoms with van der Waals surface area (Å²) in [5.74, 6) is 0.106. The summed E-state index contributed by atoms with van der Waals surface area (Å²) in [5, 5.41) is 2.81. The van der Waals surface area contributed by atoms with Crippen molar-refractivity contribution in [2.24, 2.45) is 0 Å². The Morgan fingerprint density at radius 1 is 1.21 bits per heavy atom. The molecular weight excluding hydrogens is 382 g/mol. The van der Waals surface area contributed by atoms with Gasteiger partial charge >= 0.3 is 0 Å². The lowest BCUT2D eigenvalue weighted by Crippen LogP contribution is -2.40. The predicted octanol–water partition coefficient (Wildman–Crippen LogP) is 2.22. The van der Waals surface area contributed by atoms with E-state index >= 15 is 0 Å². The third-order valence-electron chi connectivity index (χ3n) is 4.77. The Kier molecular flexibility index (Phi) is 5.78. The number of morpholine rings is 1. The Labute approximate surface area is 164 Å². The molecule has 3 rings (SSSR count). The quantitative estimate of drug-likeness (QED) is 0.792. The van der Waals surface area contributed by atoms with Crippen molar-refractivity contribution in [3.05, 3.63) is 40.7 Å². The minimum absolute atomic E-state index is 0.149. The zero-order chi connectivity index (χ0) is 20.5. The molecule has 0 spiro atoms. The van der Waals surface area contributed by atoms with E-state index in [9.17, 15) is 13.2 Å². The summed E-state index contributed by atoms with van der Waals surface area (Å²) >= 11 is 0. The molecule has 0 aliphatic carbocycles. The van der Waals surface area contributed by atoms with Gasteiger partial charge in [-0.2, -0.15) is 4.31 Å². The molecule has 1 amide bonds. The minimum atomic E-state index is -3.71. The van der Waals surface area contributed by atoms with E-state index in [0.717, 1.165) is 5.56 Å². The third kappa shape index (κ3) is 3.78. The first-order valence-electron chi connectivity index (χ1n) is 8.98. The first-order chi connectivity index (χ1) is 13.3. The third-order valence-corrected chi connectivity index (χ3v) is 6.94. The van der Waals surface area contributed by atoms with E-state index < -0.39 is 15.9 Å². The molecule has 1 aliphatic rings. The largest absolute Gasteiger partial charge is 0.495 e. The van der Waals surface area contributed by atoms with E-state index in [1.165, 1.54) is 11.4 Å². The number of nitrogens with zero attached hydrogens (tertiary/aromatic N) is 1. The molecule has 8 nitrogen and oxygen atoms in total. The molecule has 0 radical (unpaired) electrons. The molecule has 28 heavy (non-hydrogen) atoms. The van der Waals surface area contributed by atoms with Gasteiger partial charge < -0.3 is 19.8 Å². The number of aromatic nitrogens is 1. The number of carbonyl (C=O) groups excluding carboxylic acids is 1. The Bertz CT molecular complexity index is 991. The first-order valence-corrected chi connectivity index (χ1v) is 10.4. The van der Waals surface area contributed by atoms with Crippen molar-refractivity contribution >= 4 is 21.6 Å². The van der Waals surface area contributed by atoms with Crippen LogP contribution in [0.4, 0.5) is 5.69 Å². The molecule has 152 valence electrons. The van der Waals surface area contributed by atoms with Crippen molar-refractivity contribution in [3.8, 4) is 5.75 Å². The van der Waals surface area contributed by atoms with Crippen LogP contribution in [0, 0.1) is 20.8 Å². The Balaban J connectivity index is 1.93. The van der Waals surface area contributed by atoms with Gasteiger partial charge in [-0.05, 0) is 44.0 Å². The average molecular weight is 407 g/mol. The highest BCUT2D eigenvalue weighted by Gasteiger charge is 2.32. The Morgan fingerprint density at radius 2 is 1.89 bits per heavy atom. The molecule has 0 saturated carbocycles. The van der Waals surface area contributed by atoms with Crippen molar-refractivity contribution in [1.29, 1.82) is 0 Å². The second-order valence-electron chi connectivity index (χ2n) is 6.75. The molecule has 9 heteroatoms. The van der Waals surface area contributed by atoms with Gasteiger partial charge in [0, 0.05) is 18.8 Å². The number of ether oxygens (including phenoxy) is 2. The van der Waals surface area contributed by atoms with Gasteiger partial charge in [-0.25, -0.2) is 8.42 Å². The predicted molar refractivity (Wildman–Crippen MR) is 106 cm³/mol. The highest BCUT2D eigenvalue weighted by Crippen LogP contribution is 2.29. The summed E-state index contributed by atoms with van der Waals surface area (Å²) in [5.41, 5.74) is 2.54. The van der Waals surface area contributed by atoms with Crippen LogP contribution in [0.3, 0.4) is 0 Å². The van der Waals surface area contributed by atoms with Crippen LogP contribution < -0.4 is 10.1 Å². The number of hydrogen-bond donors (Lipinski definition) is 2. The maximum atomic E-state index is 13.1. The number of hydrogen-bond acceptors (Lipinski definition) is 5. The van der Waals surface area contributed by atoms with Gasteiger partial charge in [-0.3, -0.25) is 4.79 Å². The van der Waals surface area contributed by atoms with Crippen molar-refractivity contribution in [2.45, 2.75) is 25.7 Å². The maximum Gasteiger partial charge on any atom is 0.272 e. The lowest BCUT2D eigenvalue weighted by molar-refractivity contribution is 0.0730. The number of aryl methyl sites for hydroxylation is 2. The van der Waals surface area contributed by atoms with E-state index in [0.29, 0.717) is 49.0 Å². The van der Waals surface area contributed by atoms with Crippen molar-refractivity contribution in [2.75, 3.05) is 38.7 Å². The van der Waals surface area contributed by atoms with E-state index in [1.807, 2.05) is 13.0 Å². The van der Waals surface area contributed by atoms with Gasteiger partial charge in [-0.15, -0.1) is 0 Å². The first kappa shape index (κ1) is 20.4. The zero-order valence-electron chi connectivity index (χ0n) is 16.5. The van der Waals surface area contributed by atoms with Crippen LogP contribution in [0.2, 0.25) is 0 Å². The number of methoxy groups -OCH3 is 1. The molecule has 1 aromatic carbocycles. The molecule has 2 heterocycles. The van der Waals surface area contributed by atoms with Crippen LogP contribution in [-0.4, -0.2) is 57.0 Å². The highest BCUT2D eigenvalue weighted by molar-refractivity contribution is 7.89. The average Bonchev–Trinajstić information content (AvgIpc) is 2.97. The van der Waals surface area contributed by atoms with E-state index in [4.69, 9.17) is 9.47 Å². The normalized spacial score (nSPS) is 15.4. The molecule has 0 unspecified atom stereocenters. The lowest BCUT2D eigenvalue weighted by atomic mass is 10.2. The Morgan fingerprint density at radius 3 is 2.54 bits per heavy atom. The monoisotopic (exact) mass is 407 g/mol. The van der Waals surface area contributed by atoms with Crippen LogP contribution in [0.1, 0.15) is 27.3 Å². The standard InChI is InChI=1S/C19H25N3O5S/c1-12-5-6-16(26-4)15(11-12)21-19(23)17-13(2)18(14(3)20-17)28(24,25)22-7-9-27-10-8-22/h5-6,11,20H,7-10H2,1-4H3,(H,21,23). The van der Waals surface area contributed by atoms with Crippen LogP contribution in [0.15, 0.2) is 23.1 Å². The zero-order valence-corrected chi connectivity index (χ0v) is 17.3. The summed E-state index contributed by atoms with van der Waals surface area (Å²) in [6.45, 7) is 6.53. The molecule has 0 bridgehead atoms. The summed E-state index contributed by atoms with van der Waals surface area (Å²) in [6.07, 6.45) is 0. The van der Waals surface area contributed by atoms with Crippen LogP contribution in [0.5, 0.6) is 5.75 Å². The number of H-pyrrole nitrogens is 1. The van der Waals surface area contributed by atoms with Crippen molar-refractivity contribution in [1.82, 2.24) is 9.29 Å². The van der Waals surface area contributed by atoms with Gasteiger partial charge in [-0.1, -0.05) is 6.07 Å². The number of carbonyl (C=O) groups is 1. The second kappa shape index (κ2) is 7.94. The maximum absolute atomic E-state index is 13.1. The fourth-order valence-corrected chi connectivity index (χ4v) is 5.18. The van der Waals surface area contributed by atoms with Gasteiger partial charge in [0.2, 0.25) is 10.0 Å². The number of aromatic amines is 1. The summed E-state index contributed by atoms with van der Waals surface area (Å²) in [4.78, 5) is 15.9. The fourth-order valence-electron chi connectivity index (χ4n) is 3.37. The number of rotatable bonds is 5. The SMILES string of the molecule is COc1ccc(C)cc1NC(=O)c1[nH]c(C)c(S(=O)(=O)N2CCOCC2)c1C. The summed E-state index contributed by atoms with van der Waals surface area (Å²) in [6, 6.07) is 5.45. The molecule has 1 aliphatic heterocycles. The highest BCUT2D eigenvalue weighted by atomic mass is 32.2. The lowest BCUT2D eigenvalue weighted by Gasteiger charge is -2.26.